The molecular weight excluding hydrogens is 384 g/mol. The van der Waals surface area contributed by atoms with E-state index < -0.39 is 51.0 Å². The first-order chi connectivity index (χ1) is 13.1. The van der Waals surface area contributed by atoms with Crippen LogP contribution in [0.15, 0.2) is 36.4 Å². The molecule has 2 N–H and O–H groups in total. The fraction of sp³-hybridized carbons (Fsp3) is 0.368. The van der Waals surface area contributed by atoms with Gasteiger partial charge in [-0.1, -0.05) is 18.2 Å². The van der Waals surface area contributed by atoms with Gasteiger partial charge < -0.3 is 15.2 Å². The largest absolute Gasteiger partial charge is 0.497 e. The average molecular weight is 404 g/mol. The Hall–Kier alpha value is -2.65. The second-order valence-corrected chi connectivity index (χ2v) is 9.52. The van der Waals surface area contributed by atoms with Crippen molar-refractivity contribution in [1.82, 2.24) is 10.2 Å². The highest BCUT2D eigenvalue weighted by Gasteiger charge is 2.55. The highest BCUT2D eigenvalue weighted by Crippen LogP contribution is 2.34. The number of rotatable bonds is 3. The van der Waals surface area contributed by atoms with Crippen LogP contribution in [0.4, 0.5) is 4.79 Å². The molecule has 0 unspecified atom stereocenters. The Labute approximate surface area is 162 Å². The van der Waals surface area contributed by atoms with Crippen molar-refractivity contribution in [2.75, 3.05) is 18.6 Å². The van der Waals surface area contributed by atoms with Crippen molar-refractivity contribution in [3.05, 3.63) is 42.0 Å². The third-order valence-corrected chi connectivity index (χ3v) is 7.17. The van der Waals surface area contributed by atoms with Crippen molar-refractivity contribution >= 4 is 32.5 Å². The number of urea groups is 1. The lowest BCUT2D eigenvalue weighted by atomic mass is 9.90. The molecule has 0 spiro atoms. The molecule has 2 heterocycles. The maximum atomic E-state index is 13.1. The number of aliphatic hydroxyl groups excluding tert-OH is 1. The summed E-state index contributed by atoms with van der Waals surface area (Å²) in [5.41, 5.74) is -0.779. The molecule has 0 saturated carbocycles. The molecule has 0 radical (unpaired) electrons. The molecule has 2 fully saturated rings. The Morgan fingerprint density at radius 3 is 2.46 bits per heavy atom. The summed E-state index contributed by atoms with van der Waals surface area (Å²) in [6.07, 6.45) is -1.29. The summed E-state index contributed by atoms with van der Waals surface area (Å²) in [6, 6.07) is 9.11. The second-order valence-electron chi connectivity index (χ2n) is 7.37. The molecule has 2 saturated heterocycles. The molecule has 3 amide bonds. The van der Waals surface area contributed by atoms with Gasteiger partial charge in [-0.2, -0.15) is 0 Å². The van der Waals surface area contributed by atoms with Gasteiger partial charge >= 0.3 is 6.03 Å². The van der Waals surface area contributed by atoms with E-state index in [1.165, 1.54) is 0 Å². The number of aliphatic hydroxyl groups is 1. The number of hydrogen-bond donors (Lipinski definition) is 2. The smallest absolute Gasteiger partial charge is 0.325 e. The topological polar surface area (TPSA) is 113 Å². The van der Waals surface area contributed by atoms with E-state index in [9.17, 15) is 23.1 Å². The van der Waals surface area contributed by atoms with Crippen LogP contribution in [0.25, 0.3) is 10.8 Å². The Morgan fingerprint density at radius 1 is 1.14 bits per heavy atom. The van der Waals surface area contributed by atoms with Gasteiger partial charge in [-0.25, -0.2) is 13.2 Å². The quantitative estimate of drug-likeness (QED) is 0.731. The monoisotopic (exact) mass is 404 g/mol. The van der Waals surface area contributed by atoms with E-state index in [0.717, 1.165) is 15.7 Å². The number of imide groups is 1. The lowest BCUT2D eigenvalue weighted by Gasteiger charge is -2.26. The summed E-state index contributed by atoms with van der Waals surface area (Å²) in [5.74, 6) is -0.754. The Kier molecular flexibility index (Phi) is 4.13. The van der Waals surface area contributed by atoms with Gasteiger partial charge in [0, 0.05) is 0 Å². The van der Waals surface area contributed by atoms with Crippen molar-refractivity contribution in [2.24, 2.45) is 0 Å². The molecule has 2 aliphatic rings. The lowest BCUT2D eigenvalue weighted by molar-refractivity contribution is -0.133. The number of methoxy groups -OCH3 is 1. The minimum absolute atomic E-state index is 0.430. The molecule has 148 valence electrons. The van der Waals surface area contributed by atoms with Crippen molar-refractivity contribution in [3.63, 3.8) is 0 Å². The molecule has 2 aromatic carbocycles. The number of carbonyl (C=O) groups is 2. The van der Waals surface area contributed by atoms with Crippen molar-refractivity contribution in [2.45, 2.75) is 24.6 Å². The van der Waals surface area contributed by atoms with Gasteiger partial charge in [0.15, 0.2) is 9.84 Å². The van der Waals surface area contributed by atoms with E-state index in [0.29, 0.717) is 11.3 Å². The van der Waals surface area contributed by atoms with Crippen LogP contribution in [0.1, 0.15) is 12.5 Å². The van der Waals surface area contributed by atoms with E-state index in [1.807, 2.05) is 18.2 Å². The Bertz CT molecular complexity index is 1100. The summed E-state index contributed by atoms with van der Waals surface area (Å²) < 4.78 is 28.8. The van der Waals surface area contributed by atoms with Gasteiger partial charge in [-0.05, 0) is 41.5 Å². The third kappa shape index (κ3) is 2.82. The van der Waals surface area contributed by atoms with Crippen LogP contribution < -0.4 is 10.1 Å². The predicted octanol–water partition coefficient (Wildman–Crippen LogP) is 0.773. The fourth-order valence-electron chi connectivity index (χ4n) is 3.88. The molecule has 0 aliphatic carbocycles. The number of nitrogens with zero attached hydrogens (tertiary/aromatic N) is 1. The van der Waals surface area contributed by atoms with Gasteiger partial charge in [0.2, 0.25) is 0 Å². The van der Waals surface area contributed by atoms with E-state index >= 15 is 0 Å². The zero-order chi connectivity index (χ0) is 20.3. The van der Waals surface area contributed by atoms with Crippen LogP contribution in [0.5, 0.6) is 5.75 Å². The molecule has 28 heavy (non-hydrogen) atoms. The Morgan fingerprint density at radius 2 is 1.82 bits per heavy atom. The first-order valence-corrected chi connectivity index (χ1v) is 10.6. The highest BCUT2D eigenvalue weighted by molar-refractivity contribution is 7.91. The van der Waals surface area contributed by atoms with Gasteiger partial charge in [-0.15, -0.1) is 0 Å². The Balaban J connectivity index is 1.71. The standard InChI is InChI=1S/C19H20N2O6S/c1-19(13-5-3-12-8-14(27-2)6-4-11(12)7-13)17(23)21(18(24)20-19)15-9-28(25,26)10-16(15)22/h3-8,15-16,22H,9-10H2,1-2H3,(H,20,24)/t15-,16+,19-/m1/s1. The lowest BCUT2D eigenvalue weighted by Crippen LogP contribution is -2.48. The van der Waals surface area contributed by atoms with Crippen molar-refractivity contribution in [3.8, 4) is 5.75 Å². The summed E-state index contributed by atoms with van der Waals surface area (Å²) in [5, 5.41) is 14.5. The second kappa shape index (κ2) is 6.18. The van der Waals surface area contributed by atoms with Crippen molar-refractivity contribution < 1.29 is 27.9 Å². The summed E-state index contributed by atoms with van der Waals surface area (Å²) in [6.45, 7) is 1.58. The predicted molar refractivity (Wildman–Crippen MR) is 102 cm³/mol. The summed E-state index contributed by atoms with van der Waals surface area (Å²) in [4.78, 5) is 26.5. The first-order valence-electron chi connectivity index (χ1n) is 8.77. The van der Waals surface area contributed by atoms with E-state index in [1.54, 1.807) is 32.2 Å². The summed E-state index contributed by atoms with van der Waals surface area (Å²) in [7, 11) is -1.92. The molecule has 2 aliphatic heterocycles. The van der Waals surface area contributed by atoms with Crippen LogP contribution in [0, 0.1) is 0 Å². The number of nitrogens with one attached hydrogen (secondary N) is 1. The minimum atomic E-state index is -3.50. The van der Waals surface area contributed by atoms with Crippen LogP contribution in [0.2, 0.25) is 0 Å². The zero-order valence-corrected chi connectivity index (χ0v) is 16.2. The average Bonchev–Trinajstić information content (AvgIpc) is 3.05. The van der Waals surface area contributed by atoms with Gasteiger partial charge in [0.05, 0.1) is 30.8 Å². The summed E-state index contributed by atoms with van der Waals surface area (Å²) >= 11 is 0. The highest BCUT2D eigenvalue weighted by atomic mass is 32.2. The number of carbonyl (C=O) groups excluding carboxylic acids is 2. The molecular formula is C19H20N2O6S. The molecule has 4 rings (SSSR count). The molecule has 0 aromatic heterocycles. The zero-order valence-electron chi connectivity index (χ0n) is 15.4. The van der Waals surface area contributed by atoms with E-state index in [4.69, 9.17) is 4.74 Å². The molecule has 3 atom stereocenters. The van der Waals surface area contributed by atoms with E-state index in [2.05, 4.69) is 5.32 Å². The van der Waals surface area contributed by atoms with Crippen LogP contribution >= 0.6 is 0 Å². The maximum Gasteiger partial charge on any atom is 0.325 e. The van der Waals surface area contributed by atoms with Crippen LogP contribution in [0.3, 0.4) is 0 Å². The normalized spacial score (nSPS) is 29.3. The molecule has 0 bridgehead atoms. The SMILES string of the molecule is COc1ccc2cc([C@@]3(C)NC(=O)N([C@@H]4CS(=O)(=O)C[C@@H]4O)C3=O)ccc2c1. The van der Waals surface area contributed by atoms with Gasteiger partial charge in [0.1, 0.15) is 11.3 Å². The third-order valence-electron chi connectivity index (χ3n) is 5.47. The van der Waals surface area contributed by atoms with Gasteiger partial charge in [-0.3, -0.25) is 9.69 Å². The molecule has 2 aromatic rings. The molecule has 8 nitrogen and oxygen atoms in total. The number of sulfone groups is 1. The first kappa shape index (κ1) is 18.7. The number of fused-ring (bicyclic) bond motifs is 1. The van der Waals surface area contributed by atoms with Gasteiger partial charge in [0.25, 0.3) is 5.91 Å². The number of benzene rings is 2. The molecule has 9 heteroatoms. The number of ether oxygens (including phenoxy) is 1. The van der Waals surface area contributed by atoms with Crippen LogP contribution in [-0.4, -0.2) is 61.1 Å². The fourth-order valence-corrected chi connectivity index (χ4v) is 5.65. The van der Waals surface area contributed by atoms with E-state index in [-0.39, 0.29) is 0 Å². The minimum Gasteiger partial charge on any atom is -0.497 e. The van der Waals surface area contributed by atoms with Crippen molar-refractivity contribution in [1.29, 1.82) is 0 Å². The maximum absolute atomic E-state index is 13.1. The number of amides is 3. The number of hydrogen-bond acceptors (Lipinski definition) is 6. The van der Waals surface area contributed by atoms with Crippen LogP contribution in [-0.2, 0) is 20.2 Å².